The lowest BCUT2D eigenvalue weighted by molar-refractivity contribution is -0.138. The molecule has 4 amide bonds. The Balaban J connectivity index is 2.78. The van der Waals surface area contributed by atoms with Gasteiger partial charge in [-0.25, -0.2) is 0 Å². The summed E-state index contributed by atoms with van der Waals surface area (Å²) in [6, 6.07) is 2.64. The number of amides is 4. The summed E-state index contributed by atoms with van der Waals surface area (Å²) in [6.07, 6.45) is -0.0690. The van der Waals surface area contributed by atoms with Crippen molar-refractivity contribution in [1.82, 2.24) is 16.0 Å². The van der Waals surface area contributed by atoms with Crippen LogP contribution in [0.2, 0.25) is 0 Å². The van der Waals surface area contributed by atoms with Crippen LogP contribution in [0.4, 0.5) is 0 Å². The fourth-order valence-corrected chi connectivity index (χ4v) is 2.47. The lowest BCUT2D eigenvalue weighted by Gasteiger charge is -2.22. The van der Waals surface area contributed by atoms with Crippen LogP contribution in [0.3, 0.4) is 0 Å². The van der Waals surface area contributed by atoms with Crippen LogP contribution >= 0.6 is 0 Å². The summed E-state index contributed by atoms with van der Waals surface area (Å²) < 4.78 is 0. The Morgan fingerprint density at radius 1 is 1.00 bits per heavy atom. The normalized spacial score (nSPS) is 13.4. The van der Waals surface area contributed by atoms with Crippen molar-refractivity contribution in [2.24, 2.45) is 11.5 Å². The summed E-state index contributed by atoms with van der Waals surface area (Å²) >= 11 is 0. The van der Waals surface area contributed by atoms with Crippen molar-refractivity contribution in [3.8, 4) is 5.75 Å². The molecule has 31 heavy (non-hydrogen) atoms. The van der Waals surface area contributed by atoms with Crippen LogP contribution in [0, 0.1) is 0 Å². The lowest BCUT2D eigenvalue weighted by Crippen LogP contribution is -2.55. The van der Waals surface area contributed by atoms with Crippen molar-refractivity contribution in [1.29, 1.82) is 0 Å². The number of carboxylic acid groups (broad SMARTS) is 1. The topological polar surface area (TPSA) is 214 Å². The van der Waals surface area contributed by atoms with Gasteiger partial charge in [-0.05, 0) is 31.0 Å². The summed E-state index contributed by atoms with van der Waals surface area (Å²) in [5, 5.41) is 25.2. The number of nitrogens with one attached hydrogen (secondary N) is 3. The van der Waals surface area contributed by atoms with Crippen LogP contribution < -0.4 is 27.4 Å². The average molecular weight is 437 g/mol. The Hall–Kier alpha value is -3.67. The minimum atomic E-state index is -1.26. The highest BCUT2D eigenvalue weighted by atomic mass is 16.4. The first-order valence-corrected chi connectivity index (χ1v) is 9.41. The highest BCUT2D eigenvalue weighted by Gasteiger charge is 2.26. The third kappa shape index (κ3) is 9.58. The molecule has 0 bridgehead atoms. The molecule has 0 spiro atoms. The SMILES string of the molecule is CC(NC(=O)C(N)CCC(N)=O)C(=O)NC(Cc1ccc(O)cc1)C(=O)NCC(=O)O. The first-order chi connectivity index (χ1) is 14.5. The molecule has 1 aromatic carbocycles. The van der Waals surface area contributed by atoms with E-state index in [-0.39, 0.29) is 25.0 Å². The Morgan fingerprint density at radius 3 is 2.16 bits per heavy atom. The highest BCUT2D eigenvalue weighted by molar-refractivity contribution is 5.93. The molecular weight excluding hydrogens is 410 g/mol. The molecular formula is C19H27N5O7. The second kappa shape index (κ2) is 12.1. The Labute approximate surface area is 178 Å². The number of aromatic hydroxyl groups is 1. The molecule has 12 nitrogen and oxygen atoms in total. The fraction of sp³-hybridized carbons (Fsp3) is 0.421. The van der Waals surface area contributed by atoms with Gasteiger partial charge in [0.15, 0.2) is 0 Å². The van der Waals surface area contributed by atoms with Gasteiger partial charge in [0.1, 0.15) is 24.4 Å². The van der Waals surface area contributed by atoms with Crippen LogP contribution in [0.25, 0.3) is 0 Å². The van der Waals surface area contributed by atoms with Gasteiger partial charge in [0.05, 0.1) is 6.04 Å². The minimum absolute atomic E-state index is 0.0102. The molecule has 0 aliphatic rings. The van der Waals surface area contributed by atoms with Crippen molar-refractivity contribution in [2.75, 3.05) is 6.54 Å². The number of nitrogens with two attached hydrogens (primary N) is 2. The zero-order valence-electron chi connectivity index (χ0n) is 17.0. The van der Waals surface area contributed by atoms with E-state index in [9.17, 15) is 29.1 Å². The number of primary amides is 1. The van der Waals surface area contributed by atoms with Crippen molar-refractivity contribution in [3.63, 3.8) is 0 Å². The van der Waals surface area contributed by atoms with Crippen LogP contribution in [0.15, 0.2) is 24.3 Å². The van der Waals surface area contributed by atoms with Gasteiger partial charge in [-0.15, -0.1) is 0 Å². The molecule has 0 aliphatic carbocycles. The largest absolute Gasteiger partial charge is 0.508 e. The molecule has 170 valence electrons. The van der Waals surface area contributed by atoms with E-state index in [1.807, 2.05) is 0 Å². The lowest BCUT2D eigenvalue weighted by atomic mass is 10.0. The van der Waals surface area contributed by atoms with E-state index < -0.39 is 54.3 Å². The summed E-state index contributed by atoms with van der Waals surface area (Å²) in [4.78, 5) is 58.4. The maximum Gasteiger partial charge on any atom is 0.322 e. The van der Waals surface area contributed by atoms with Gasteiger partial charge in [-0.3, -0.25) is 24.0 Å². The number of benzene rings is 1. The maximum atomic E-state index is 12.5. The van der Waals surface area contributed by atoms with Gasteiger partial charge in [-0.2, -0.15) is 0 Å². The second-order valence-electron chi connectivity index (χ2n) is 6.89. The number of carboxylic acids is 1. The van der Waals surface area contributed by atoms with Crippen LogP contribution in [0.1, 0.15) is 25.3 Å². The maximum absolute atomic E-state index is 12.5. The third-order valence-corrected chi connectivity index (χ3v) is 4.21. The molecule has 9 N–H and O–H groups in total. The third-order valence-electron chi connectivity index (χ3n) is 4.21. The fourth-order valence-electron chi connectivity index (χ4n) is 2.47. The predicted molar refractivity (Wildman–Crippen MR) is 108 cm³/mol. The van der Waals surface area contributed by atoms with E-state index in [2.05, 4.69) is 16.0 Å². The van der Waals surface area contributed by atoms with E-state index in [0.717, 1.165) is 0 Å². The monoisotopic (exact) mass is 437 g/mol. The molecule has 0 aromatic heterocycles. The molecule has 1 aromatic rings. The van der Waals surface area contributed by atoms with Gasteiger partial charge in [0, 0.05) is 12.8 Å². The number of carbonyl (C=O) groups is 5. The average Bonchev–Trinajstić information content (AvgIpc) is 2.70. The Morgan fingerprint density at radius 2 is 1.61 bits per heavy atom. The van der Waals surface area contributed by atoms with E-state index in [1.165, 1.54) is 19.1 Å². The molecule has 12 heteroatoms. The van der Waals surface area contributed by atoms with Gasteiger partial charge in [0.2, 0.25) is 23.6 Å². The molecule has 0 saturated carbocycles. The number of hydrogen-bond donors (Lipinski definition) is 7. The van der Waals surface area contributed by atoms with Crippen molar-refractivity contribution < 1.29 is 34.2 Å². The van der Waals surface area contributed by atoms with Gasteiger partial charge in [-0.1, -0.05) is 12.1 Å². The smallest absolute Gasteiger partial charge is 0.322 e. The zero-order chi connectivity index (χ0) is 23.6. The van der Waals surface area contributed by atoms with Crippen LogP contribution in [-0.2, 0) is 30.4 Å². The number of phenolic OH excluding ortho intramolecular Hbond substituents is 1. The quantitative estimate of drug-likeness (QED) is 0.189. The Bertz CT molecular complexity index is 812. The standard InChI is InChI=1S/C19H27N5O7/c1-10(23-18(30)13(20)6-7-15(21)26)17(29)24-14(19(31)22-9-16(27)28)8-11-2-4-12(25)5-3-11/h2-5,10,13-14,25H,6-9,20H2,1H3,(H2,21,26)(H,22,31)(H,23,30)(H,24,29)(H,27,28). The van der Waals surface area contributed by atoms with Crippen molar-refractivity contribution in [3.05, 3.63) is 29.8 Å². The molecule has 0 aliphatic heterocycles. The first kappa shape index (κ1) is 25.4. The number of aliphatic carboxylic acids is 1. The first-order valence-electron chi connectivity index (χ1n) is 9.41. The molecule has 3 unspecified atom stereocenters. The van der Waals surface area contributed by atoms with Gasteiger partial charge in [0.25, 0.3) is 0 Å². The summed E-state index contributed by atoms with van der Waals surface area (Å²) in [7, 11) is 0. The van der Waals surface area contributed by atoms with Crippen LogP contribution in [-0.4, -0.2) is 64.5 Å². The van der Waals surface area contributed by atoms with E-state index in [1.54, 1.807) is 12.1 Å². The molecule has 0 heterocycles. The van der Waals surface area contributed by atoms with E-state index in [0.29, 0.717) is 5.56 Å². The number of phenols is 1. The second-order valence-corrected chi connectivity index (χ2v) is 6.89. The number of hydrogen-bond acceptors (Lipinski definition) is 7. The summed E-state index contributed by atoms with van der Waals surface area (Å²) in [5.41, 5.74) is 11.3. The molecule has 3 atom stereocenters. The van der Waals surface area contributed by atoms with Crippen molar-refractivity contribution in [2.45, 2.75) is 44.3 Å². The van der Waals surface area contributed by atoms with Crippen molar-refractivity contribution >= 4 is 29.6 Å². The summed E-state index contributed by atoms with van der Waals surface area (Å²) in [5.74, 6) is -3.96. The van der Waals surface area contributed by atoms with E-state index in [4.69, 9.17) is 16.6 Å². The summed E-state index contributed by atoms with van der Waals surface area (Å²) in [6.45, 7) is 0.739. The number of rotatable bonds is 12. The number of carbonyl (C=O) groups excluding carboxylic acids is 4. The molecule has 0 saturated heterocycles. The molecule has 1 rings (SSSR count). The van der Waals surface area contributed by atoms with Gasteiger partial charge < -0.3 is 37.6 Å². The Kier molecular flexibility index (Phi) is 9.92. The molecule has 0 radical (unpaired) electrons. The van der Waals surface area contributed by atoms with E-state index >= 15 is 0 Å². The van der Waals surface area contributed by atoms with Crippen LogP contribution in [0.5, 0.6) is 5.75 Å². The molecule has 0 fully saturated rings. The highest BCUT2D eigenvalue weighted by Crippen LogP contribution is 2.11. The predicted octanol–water partition coefficient (Wildman–Crippen LogP) is -2.28. The zero-order valence-corrected chi connectivity index (χ0v) is 17.0. The minimum Gasteiger partial charge on any atom is -0.508 e. The van der Waals surface area contributed by atoms with Gasteiger partial charge >= 0.3 is 5.97 Å².